The standard InChI is InChI=1S/C17H19Br2N/c1-12-4-3-5-14(10-12)8-9-20-13(2)16-7-6-15(18)11-17(16)19/h3-7,10-11,13,20H,8-9H2,1-2H3. The van der Waals surface area contributed by atoms with E-state index in [1.165, 1.54) is 16.7 Å². The van der Waals surface area contributed by atoms with E-state index in [2.05, 4.69) is 93.5 Å². The SMILES string of the molecule is Cc1cccc(CCNC(C)c2ccc(Br)cc2Br)c1. The van der Waals surface area contributed by atoms with Gasteiger partial charge in [0.15, 0.2) is 0 Å². The first-order chi connectivity index (χ1) is 9.56. The molecule has 1 atom stereocenters. The second-order valence-electron chi connectivity index (χ2n) is 5.08. The highest BCUT2D eigenvalue weighted by atomic mass is 79.9. The Hall–Kier alpha value is -0.640. The Labute approximate surface area is 138 Å². The molecule has 0 fully saturated rings. The average molecular weight is 397 g/mol. The highest BCUT2D eigenvalue weighted by Crippen LogP contribution is 2.26. The van der Waals surface area contributed by atoms with Gasteiger partial charge in [0.05, 0.1) is 0 Å². The molecule has 0 saturated carbocycles. The first-order valence-electron chi connectivity index (χ1n) is 6.80. The number of hydrogen-bond donors (Lipinski definition) is 1. The summed E-state index contributed by atoms with van der Waals surface area (Å²) in [6.07, 6.45) is 1.06. The Morgan fingerprint density at radius 2 is 1.90 bits per heavy atom. The molecular weight excluding hydrogens is 378 g/mol. The maximum absolute atomic E-state index is 3.62. The van der Waals surface area contributed by atoms with Gasteiger partial charge in [0.25, 0.3) is 0 Å². The Morgan fingerprint density at radius 3 is 2.60 bits per heavy atom. The fourth-order valence-corrected chi connectivity index (χ4v) is 3.65. The van der Waals surface area contributed by atoms with Gasteiger partial charge in [-0.1, -0.05) is 67.8 Å². The highest BCUT2D eigenvalue weighted by molar-refractivity contribution is 9.11. The summed E-state index contributed by atoms with van der Waals surface area (Å²) in [6.45, 7) is 5.32. The van der Waals surface area contributed by atoms with E-state index in [1.807, 2.05) is 0 Å². The first-order valence-corrected chi connectivity index (χ1v) is 8.39. The molecule has 0 bridgehead atoms. The number of aryl methyl sites for hydroxylation is 1. The molecule has 0 heterocycles. The number of nitrogens with one attached hydrogen (secondary N) is 1. The van der Waals surface area contributed by atoms with Gasteiger partial charge in [-0.3, -0.25) is 0 Å². The predicted molar refractivity (Wildman–Crippen MR) is 93.1 cm³/mol. The minimum Gasteiger partial charge on any atom is -0.310 e. The van der Waals surface area contributed by atoms with Crippen LogP contribution >= 0.6 is 31.9 Å². The number of rotatable bonds is 5. The van der Waals surface area contributed by atoms with Crippen LogP contribution in [-0.4, -0.2) is 6.54 Å². The molecule has 0 aliphatic rings. The molecule has 1 nitrogen and oxygen atoms in total. The minimum absolute atomic E-state index is 0.335. The highest BCUT2D eigenvalue weighted by Gasteiger charge is 2.08. The van der Waals surface area contributed by atoms with Crippen LogP contribution in [0.2, 0.25) is 0 Å². The third kappa shape index (κ3) is 4.44. The van der Waals surface area contributed by atoms with Crippen molar-refractivity contribution < 1.29 is 0 Å². The van der Waals surface area contributed by atoms with Crippen molar-refractivity contribution in [3.05, 3.63) is 68.1 Å². The van der Waals surface area contributed by atoms with E-state index < -0.39 is 0 Å². The molecule has 0 amide bonds. The maximum Gasteiger partial charge on any atom is 0.0303 e. The van der Waals surface area contributed by atoms with Gasteiger partial charge in [-0.05, 0) is 50.1 Å². The molecule has 1 N–H and O–H groups in total. The lowest BCUT2D eigenvalue weighted by Gasteiger charge is -2.16. The molecule has 0 radical (unpaired) electrons. The summed E-state index contributed by atoms with van der Waals surface area (Å²) in [5.74, 6) is 0. The van der Waals surface area contributed by atoms with E-state index in [-0.39, 0.29) is 0 Å². The van der Waals surface area contributed by atoms with Gasteiger partial charge in [0, 0.05) is 15.0 Å². The molecule has 0 aliphatic carbocycles. The molecule has 2 aromatic carbocycles. The van der Waals surface area contributed by atoms with Crippen LogP contribution in [-0.2, 0) is 6.42 Å². The minimum atomic E-state index is 0.335. The molecular formula is C17H19Br2N. The monoisotopic (exact) mass is 395 g/mol. The maximum atomic E-state index is 3.62. The Balaban J connectivity index is 1.90. The van der Waals surface area contributed by atoms with Crippen molar-refractivity contribution in [3.63, 3.8) is 0 Å². The van der Waals surface area contributed by atoms with Crippen molar-refractivity contribution in [1.29, 1.82) is 0 Å². The summed E-state index contributed by atoms with van der Waals surface area (Å²) in [5, 5.41) is 3.58. The Bertz CT molecular complexity index is 581. The summed E-state index contributed by atoms with van der Waals surface area (Å²) < 4.78 is 2.24. The summed E-state index contributed by atoms with van der Waals surface area (Å²) in [5.41, 5.74) is 4.00. The quantitative estimate of drug-likeness (QED) is 0.711. The van der Waals surface area contributed by atoms with Crippen LogP contribution in [0.3, 0.4) is 0 Å². The van der Waals surface area contributed by atoms with Crippen molar-refractivity contribution in [2.24, 2.45) is 0 Å². The van der Waals surface area contributed by atoms with Crippen molar-refractivity contribution >= 4 is 31.9 Å². The third-order valence-corrected chi connectivity index (χ3v) is 4.56. The van der Waals surface area contributed by atoms with Gasteiger partial charge >= 0.3 is 0 Å². The van der Waals surface area contributed by atoms with E-state index >= 15 is 0 Å². The molecule has 0 spiro atoms. The van der Waals surface area contributed by atoms with Crippen LogP contribution in [0.5, 0.6) is 0 Å². The largest absolute Gasteiger partial charge is 0.310 e. The lowest BCUT2D eigenvalue weighted by Crippen LogP contribution is -2.21. The fourth-order valence-electron chi connectivity index (χ4n) is 2.26. The van der Waals surface area contributed by atoms with Gasteiger partial charge in [-0.2, -0.15) is 0 Å². The van der Waals surface area contributed by atoms with Crippen LogP contribution in [0.25, 0.3) is 0 Å². The summed E-state index contributed by atoms with van der Waals surface area (Å²) in [4.78, 5) is 0. The summed E-state index contributed by atoms with van der Waals surface area (Å²) in [7, 11) is 0. The van der Waals surface area contributed by atoms with Crippen LogP contribution in [0.15, 0.2) is 51.4 Å². The van der Waals surface area contributed by atoms with Crippen molar-refractivity contribution in [3.8, 4) is 0 Å². The Kier molecular flexibility index (Phi) is 5.82. The zero-order valence-corrected chi connectivity index (χ0v) is 15.0. The third-order valence-electron chi connectivity index (χ3n) is 3.38. The smallest absolute Gasteiger partial charge is 0.0303 e. The fraction of sp³-hybridized carbons (Fsp3) is 0.294. The summed E-state index contributed by atoms with van der Waals surface area (Å²) in [6, 6.07) is 15.4. The average Bonchev–Trinajstić information content (AvgIpc) is 2.38. The van der Waals surface area contributed by atoms with Gasteiger partial charge in [0.1, 0.15) is 0 Å². The lowest BCUT2D eigenvalue weighted by atomic mass is 10.1. The van der Waals surface area contributed by atoms with Crippen LogP contribution in [0.4, 0.5) is 0 Å². The molecule has 0 aliphatic heterocycles. The first kappa shape index (κ1) is 15.7. The van der Waals surface area contributed by atoms with Crippen LogP contribution in [0, 0.1) is 6.92 Å². The van der Waals surface area contributed by atoms with Gasteiger partial charge in [-0.15, -0.1) is 0 Å². The molecule has 2 aromatic rings. The second kappa shape index (κ2) is 7.39. The molecule has 0 aromatic heterocycles. The van der Waals surface area contributed by atoms with E-state index in [0.29, 0.717) is 6.04 Å². The predicted octanol–water partition coefficient (Wildman–Crippen LogP) is 5.41. The van der Waals surface area contributed by atoms with Crippen molar-refractivity contribution in [1.82, 2.24) is 5.32 Å². The van der Waals surface area contributed by atoms with Crippen molar-refractivity contribution in [2.75, 3.05) is 6.54 Å². The topological polar surface area (TPSA) is 12.0 Å². The normalized spacial score (nSPS) is 12.4. The molecule has 106 valence electrons. The van der Waals surface area contributed by atoms with Gasteiger partial charge < -0.3 is 5.32 Å². The van der Waals surface area contributed by atoms with Crippen LogP contribution < -0.4 is 5.32 Å². The number of halogens is 2. The second-order valence-corrected chi connectivity index (χ2v) is 6.85. The zero-order chi connectivity index (χ0) is 14.5. The molecule has 0 saturated heterocycles. The molecule has 3 heteroatoms. The lowest BCUT2D eigenvalue weighted by molar-refractivity contribution is 0.575. The molecule has 1 unspecified atom stereocenters. The molecule has 2 rings (SSSR count). The van der Waals surface area contributed by atoms with Gasteiger partial charge in [0.2, 0.25) is 0 Å². The van der Waals surface area contributed by atoms with E-state index in [0.717, 1.165) is 21.9 Å². The van der Waals surface area contributed by atoms with E-state index in [9.17, 15) is 0 Å². The van der Waals surface area contributed by atoms with E-state index in [4.69, 9.17) is 0 Å². The number of hydrogen-bond acceptors (Lipinski definition) is 1. The summed E-state index contributed by atoms with van der Waals surface area (Å²) >= 11 is 7.11. The Morgan fingerprint density at radius 1 is 1.10 bits per heavy atom. The van der Waals surface area contributed by atoms with Gasteiger partial charge in [-0.25, -0.2) is 0 Å². The van der Waals surface area contributed by atoms with Crippen LogP contribution in [0.1, 0.15) is 29.7 Å². The van der Waals surface area contributed by atoms with Crippen molar-refractivity contribution in [2.45, 2.75) is 26.3 Å². The zero-order valence-electron chi connectivity index (χ0n) is 11.8. The number of benzene rings is 2. The van der Waals surface area contributed by atoms with E-state index in [1.54, 1.807) is 0 Å². The molecule has 20 heavy (non-hydrogen) atoms.